The molecule has 0 heterocycles. The third-order valence-electron chi connectivity index (χ3n) is 2.72. The summed E-state index contributed by atoms with van der Waals surface area (Å²) >= 11 is 5.82. The Balaban J connectivity index is 1.76. The number of benzene rings is 2. The molecule has 0 aromatic heterocycles. The van der Waals surface area contributed by atoms with Crippen LogP contribution < -0.4 is 19.9 Å². The van der Waals surface area contributed by atoms with E-state index in [2.05, 4.69) is 0 Å². The van der Waals surface area contributed by atoms with Gasteiger partial charge in [-0.2, -0.15) is 0 Å². The van der Waals surface area contributed by atoms with Gasteiger partial charge in [0.25, 0.3) is 0 Å². The van der Waals surface area contributed by atoms with Gasteiger partial charge in [-0.05, 0) is 49.4 Å². The Labute approximate surface area is 129 Å². The van der Waals surface area contributed by atoms with Crippen LogP contribution in [0.2, 0.25) is 5.02 Å². The first-order chi connectivity index (χ1) is 10.2. The third kappa shape index (κ3) is 4.76. The molecule has 0 saturated heterocycles. The van der Waals surface area contributed by atoms with E-state index < -0.39 is 0 Å². The van der Waals surface area contributed by atoms with Crippen molar-refractivity contribution in [3.8, 4) is 17.2 Å². The fourth-order valence-corrected chi connectivity index (χ4v) is 1.94. The fraction of sp³-hybridized carbons (Fsp3) is 0.250. The molecule has 0 aliphatic heterocycles. The number of hydrogen-bond donors (Lipinski definition) is 1. The van der Waals surface area contributed by atoms with E-state index in [1.807, 2.05) is 31.2 Å². The van der Waals surface area contributed by atoms with Gasteiger partial charge in [0.15, 0.2) is 0 Å². The lowest BCUT2D eigenvalue weighted by Crippen LogP contribution is -2.09. The van der Waals surface area contributed by atoms with Crippen molar-refractivity contribution in [2.45, 2.75) is 6.92 Å². The monoisotopic (exact) mass is 307 g/mol. The maximum Gasteiger partial charge on any atom is 0.142 e. The van der Waals surface area contributed by atoms with Crippen LogP contribution in [0.25, 0.3) is 0 Å². The number of ether oxygens (including phenoxy) is 3. The van der Waals surface area contributed by atoms with Crippen LogP contribution in [0.15, 0.2) is 42.5 Å². The van der Waals surface area contributed by atoms with Gasteiger partial charge in [-0.25, -0.2) is 0 Å². The minimum Gasteiger partial charge on any atom is -0.494 e. The fourth-order valence-electron chi connectivity index (χ4n) is 1.76. The normalized spacial score (nSPS) is 10.2. The smallest absolute Gasteiger partial charge is 0.142 e. The molecule has 5 heteroatoms. The summed E-state index contributed by atoms with van der Waals surface area (Å²) in [6, 6.07) is 12.6. The van der Waals surface area contributed by atoms with Crippen LogP contribution in [-0.4, -0.2) is 19.8 Å². The molecule has 112 valence electrons. The molecular formula is C16H18ClNO3. The molecule has 4 nitrogen and oxygen atoms in total. The highest BCUT2D eigenvalue weighted by atomic mass is 35.5. The van der Waals surface area contributed by atoms with Crippen LogP contribution >= 0.6 is 11.6 Å². The van der Waals surface area contributed by atoms with Gasteiger partial charge in [0, 0.05) is 5.02 Å². The molecule has 0 unspecified atom stereocenters. The highest BCUT2D eigenvalue weighted by Crippen LogP contribution is 2.24. The van der Waals surface area contributed by atoms with Gasteiger partial charge in [0.05, 0.1) is 12.3 Å². The molecule has 0 saturated carbocycles. The van der Waals surface area contributed by atoms with Gasteiger partial charge >= 0.3 is 0 Å². The summed E-state index contributed by atoms with van der Waals surface area (Å²) in [4.78, 5) is 0. The minimum atomic E-state index is 0.402. The van der Waals surface area contributed by atoms with Crippen LogP contribution in [0, 0.1) is 0 Å². The number of rotatable bonds is 7. The molecule has 2 aromatic rings. The number of halogens is 1. The predicted octanol–water partition coefficient (Wildman–Crippen LogP) is 3.78. The van der Waals surface area contributed by atoms with Gasteiger partial charge < -0.3 is 19.9 Å². The molecule has 0 amide bonds. The Morgan fingerprint density at radius 2 is 1.52 bits per heavy atom. The number of hydrogen-bond acceptors (Lipinski definition) is 4. The molecule has 0 bridgehead atoms. The van der Waals surface area contributed by atoms with E-state index in [0.29, 0.717) is 36.3 Å². The molecule has 0 spiro atoms. The largest absolute Gasteiger partial charge is 0.494 e. The van der Waals surface area contributed by atoms with Gasteiger partial charge in [-0.3, -0.25) is 0 Å². The Hall–Kier alpha value is -2.07. The standard InChI is InChI=1S/C16H18ClNO3/c1-2-19-13-4-6-14(7-5-13)20-9-10-21-16-8-3-12(17)11-15(16)18/h3-8,11H,2,9-10,18H2,1H3. The first-order valence-corrected chi connectivity index (χ1v) is 7.10. The van der Waals surface area contributed by atoms with E-state index in [4.69, 9.17) is 31.5 Å². The second kappa shape index (κ2) is 7.64. The average Bonchev–Trinajstić information content (AvgIpc) is 2.47. The van der Waals surface area contributed by atoms with Crippen molar-refractivity contribution >= 4 is 17.3 Å². The van der Waals surface area contributed by atoms with E-state index in [1.54, 1.807) is 18.2 Å². The van der Waals surface area contributed by atoms with Crippen LogP contribution in [0.5, 0.6) is 17.2 Å². The summed E-state index contributed by atoms with van der Waals surface area (Å²) in [6.45, 7) is 3.43. The highest BCUT2D eigenvalue weighted by Gasteiger charge is 2.01. The first-order valence-electron chi connectivity index (χ1n) is 6.72. The van der Waals surface area contributed by atoms with Crippen molar-refractivity contribution in [2.75, 3.05) is 25.6 Å². The van der Waals surface area contributed by atoms with Crippen molar-refractivity contribution in [3.63, 3.8) is 0 Å². The van der Waals surface area contributed by atoms with Crippen LogP contribution in [0.4, 0.5) is 5.69 Å². The van der Waals surface area contributed by atoms with Gasteiger partial charge in [0.2, 0.25) is 0 Å². The molecule has 0 aliphatic carbocycles. The van der Waals surface area contributed by atoms with Gasteiger partial charge in [-0.1, -0.05) is 11.6 Å². The highest BCUT2D eigenvalue weighted by molar-refractivity contribution is 6.30. The van der Waals surface area contributed by atoms with E-state index >= 15 is 0 Å². The summed E-state index contributed by atoms with van der Waals surface area (Å²) in [7, 11) is 0. The lowest BCUT2D eigenvalue weighted by Gasteiger charge is -2.10. The van der Waals surface area contributed by atoms with Crippen LogP contribution in [0.3, 0.4) is 0 Å². The molecule has 2 aromatic carbocycles. The number of nitrogens with two attached hydrogens (primary N) is 1. The summed E-state index contributed by atoms with van der Waals surface area (Å²) in [6.07, 6.45) is 0. The maximum atomic E-state index is 5.82. The van der Waals surface area contributed by atoms with Crippen LogP contribution in [-0.2, 0) is 0 Å². The topological polar surface area (TPSA) is 53.7 Å². The quantitative estimate of drug-likeness (QED) is 0.625. The minimum absolute atomic E-state index is 0.402. The number of anilines is 1. The van der Waals surface area contributed by atoms with Gasteiger partial charge in [-0.15, -0.1) is 0 Å². The van der Waals surface area contributed by atoms with Gasteiger partial charge in [0.1, 0.15) is 30.5 Å². The zero-order chi connectivity index (χ0) is 15.1. The molecular weight excluding hydrogens is 290 g/mol. The SMILES string of the molecule is CCOc1ccc(OCCOc2ccc(Cl)cc2N)cc1. The maximum absolute atomic E-state index is 5.82. The zero-order valence-electron chi connectivity index (χ0n) is 11.8. The summed E-state index contributed by atoms with van der Waals surface area (Å²) in [5.41, 5.74) is 6.31. The Morgan fingerprint density at radius 3 is 2.14 bits per heavy atom. The molecule has 21 heavy (non-hydrogen) atoms. The Kier molecular flexibility index (Phi) is 5.58. The Morgan fingerprint density at radius 1 is 0.905 bits per heavy atom. The van der Waals surface area contributed by atoms with Crippen molar-refractivity contribution < 1.29 is 14.2 Å². The van der Waals surface area contributed by atoms with Crippen molar-refractivity contribution in [3.05, 3.63) is 47.5 Å². The average molecular weight is 308 g/mol. The molecule has 2 rings (SSSR count). The van der Waals surface area contributed by atoms with Crippen molar-refractivity contribution in [1.82, 2.24) is 0 Å². The third-order valence-corrected chi connectivity index (χ3v) is 2.95. The van der Waals surface area contributed by atoms with E-state index in [9.17, 15) is 0 Å². The molecule has 2 N–H and O–H groups in total. The van der Waals surface area contributed by atoms with Crippen LogP contribution in [0.1, 0.15) is 6.92 Å². The summed E-state index contributed by atoms with van der Waals surface area (Å²) < 4.78 is 16.5. The lowest BCUT2D eigenvalue weighted by atomic mass is 10.3. The summed E-state index contributed by atoms with van der Waals surface area (Å²) in [5, 5.41) is 0.588. The molecule has 0 radical (unpaired) electrons. The molecule has 0 atom stereocenters. The van der Waals surface area contributed by atoms with Crippen molar-refractivity contribution in [1.29, 1.82) is 0 Å². The zero-order valence-corrected chi connectivity index (χ0v) is 12.6. The van der Waals surface area contributed by atoms with E-state index in [-0.39, 0.29) is 0 Å². The van der Waals surface area contributed by atoms with E-state index in [0.717, 1.165) is 11.5 Å². The second-order valence-corrected chi connectivity index (χ2v) is 4.72. The Bertz CT molecular complexity index is 572. The number of nitrogen functional groups attached to an aromatic ring is 1. The summed E-state index contributed by atoms with van der Waals surface area (Å²) in [5.74, 6) is 2.20. The van der Waals surface area contributed by atoms with Crippen molar-refractivity contribution in [2.24, 2.45) is 0 Å². The van der Waals surface area contributed by atoms with E-state index in [1.165, 1.54) is 0 Å². The molecule has 0 fully saturated rings. The lowest BCUT2D eigenvalue weighted by molar-refractivity contribution is 0.217. The second-order valence-electron chi connectivity index (χ2n) is 4.28. The predicted molar refractivity (Wildman–Crippen MR) is 84.5 cm³/mol. The first kappa shape index (κ1) is 15.3. The molecule has 0 aliphatic rings.